The molecule has 0 radical (unpaired) electrons. The molecule has 4 nitrogen and oxygen atoms in total. The average Bonchev–Trinajstić information content (AvgIpc) is 2.13. The van der Waals surface area contributed by atoms with Crippen LogP contribution in [0.25, 0.3) is 0 Å². The van der Waals surface area contributed by atoms with Crippen molar-refractivity contribution in [1.82, 2.24) is 4.90 Å². The highest BCUT2D eigenvalue weighted by Gasteiger charge is 2.11. The lowest BCUT2D eigenvalue weighted by molar-refractivity contribution is -0.119. The Balaban J connectivity index is 3.97. The van der Waals surface area contributed by atoms with Gasteiger partial charge >= 0.3 is 0 Å². The van der Waals surface area contributed by atoms with Gasteiger partial charge in [0.1, 0.15) is 0 Å². The van der Waals surface area contributed by atoms with Crippen molar-refractivity contribution >= 4 is 5.91 Å². The van der Waals surface area contributed by atoms with Gasteiger partial charge in [0.05, 0.1) is 18.5 Å². The third kappa shape index (κ3) is 6.44. The topological polar surface area (TPSA) is 70.1 Å². The highest BCUT2D eigenvalue weighted by molar-refractivity contribution is 5.75. The summed E-state index contributed by atoms with van der Waals surface area (Å²) in [5, 5.41) is 8.65. The van der Waals surface area contributed by atoms with Crippen LogP contribution in [-0.4, -0.2) is 30.4 Å². The normalized spacial score (nSPS) is 12.4. The standard InChI is InChI=1S/C10H19N3O/c1-3-4-5-13(8-10(12)14)7-9(2)6-11/h9H,3-5,7-8H2,1-2H3,(H2,12,14). The SMILES string of the molecule is CCCCN(CC(N)=O)CC(C)C#N. The zero-order chi connectivity index (χ0) is 11.0. The summed E-state index contributed by atoms with van der Waals surface area (Å²) in [5.74, 6) is -0.377. The van der Waals surface area contributed by atoms with Gasteiger partial charge in [0, 0.05) is 6.54 Å². The van der Waals surface area contributed by atoms with E-state index < -0.39 is 0 Å². The largest absolute Gasteiger partial charge is 0.369 e. The molecule has 0 aliphatic heterocycles. The molecule has 0 saturated carbocycles. The van der Waals surface area contributed by atoms with E-state index in [1.54, 1.807) is 0 Å². The fourth-order valence-corrected chi connectivity index (χ4v) is 1.27. The van der Waals surface area contributed by atoms with Crippen molar-refractivity contribution < 1.29 is 4.79 Å². The summed E-state index contributed by atoms with van der Waals surface area (Å²) in [6.45, 7) is 5.66. The molecule has 0 aromatic carbocycles. The summed E-state index contributed by atoms with van der Waals surface area (Å²) in [6.07, 6.45) is 2.11. The second kappa shape index (κ2) is 7.34. The second-order valence-electron chi connectivity index (χ2n) is 3.59. The van der Waals surface area contributed by atoms with Gasteiger partial charge < -0.3 is 5.73 Å². The summed E-state index contributed by atoms with van der Waals surface area (Å²) >= 11 is 0. The van der Waals surface area contributed by atoms with Gasteiger partial charge in [0.15, 0.2) is 0 Å². The molecule has 0 spiro atoms. The molecule has 0 heterocycles. The van der Waals surface area contributed by atoms with Crippen LogP contribution in [0.3, 0.4) is 0 Å². The van der Waals surface area contributed by atoms with Crippen LogP contribution in [0.1, 0.15) is 26.7 Å². The molecule has 4 heteroatoms. The Morgan fingerprint density at radius 3 is 2.71 bits per heavy atom. The Hall–Kier alpha value is -1.08. The van der Waals surface area contributed by atoms with Gasteiger partial charge in [0.2, 0.25) is 5.91 Å². The first kappa shape index (κ1) is 12.9. The minimum absolute atomic E-state index is 0.0498. The summed E-state index contributed by atoms with van der Waals surface area (Å²) in [5.41, 5.74) is 5.12. The Morgan fingerprint density at radius 2 is 2.29 bits per heavy atom. The Labute approximate surface area is 85.7 Å². The van der Waals surface area contributed by atoms with Gasteiger partial charge in [-0.25, -0.2) is 0 Å². The quantitative estimate of drug-likeness (QED) is 0.654. The van der Waals surface area contributed by atoms with Crippen molar-refractivity contribution in [3.63, 3.8) is 0 Å². The summed E-state index contributed by atoms with van der Waals surface area (Å²) in [4.78, 5) is 12.7. The van der Waals surface area contributed by atoms with Crippen molar-refractivity contribution in [2.45, 2.75) is 26.7 Å². The van der Waals surface area contributed by atoms with E-state index in [1.807, 2.05) is 11.8 Å². The number of hydrogen-bond donors (Lipinski definition) is 1. The number of hydrogen-bond acceptors (Lipinski definition) is 3. The smallest absolute Gasteiger partial charge is 0.231 e. The molecule has 0 bridgehead atoms. The fraction of sp³-hybridized carbons (Fsp3) is 0.800. The van der Waals surface area contributed by atoms with Gasteiger partial charge in [-0.15, -0.1) is 0 Å². The number of unbranched alkanes of at least 4 members (excludes halogenated alkanes) is 1. The minimum Gasteiger partial charge on any atom is -0.369 e. The fourth-order valence-electron chi connectivity index (χ4n) is 1.27. The van der Waals surface area contributed by atoms with Crippen molar-refractivity contribution in [3.8, 4) is 6.07 Å². The van der Waals surface area contributed by atoms with Crippen molar-refractivity contribution in [2.24, 2.45) is 11.7 Å². The molecule has 0 rings (SSSR count). The molecule has 14 heavy (non-hydrogen) atoms. The van der Waals surface area contributed by atoms with E-state index in [4.69, 9.17) is 11.0 Å². The number of amides is 1. The van der Waals surface area contributed by atoms with E-state index in [2.05, 4.69) is 13.0 Å². The molecule has 80 valence electrons. The molecule has 0 saturated heterocycles. The van der Waals surface area contributed by atoms with Gasteiger partial charge in [-0.1, -0.05) is 13.3 Å². The first-order valence-electron chi connectivity index (χ1n) is 5.00. The van der Waals surface area contributed by atoms with Crippen LogP contribution in [0.4, 0.5) is 0 Å². The molecule has 2 N–H and O–H groups in total. The first-order valence-corrected chi connectivity index (χ1v) is 5.00. The first-order chi connectivity index (χ1) is 6.60. The average molecular weight is 197 g/mol. The number of nitrogens with two attached hydrogens (primary N) is 1. The van der Waals surface area contributed by atoms with Crippen molar-refractivity contribution in [1.29, 1.82) is 5.26 Å². The van der Waals surface area contributed by atoms with Crippen LogP contribution in [0.2, 0.25) is 0 Å². The van der Waals surface area contributed by atoms with Gasteiger partial charge in [0.25, 0.3) is 0 Å². The van der Waals surface area contributed by atoms with E-state index in [0.717, 1.165) is 19.4 Å². The number of primary amides is 1. The van der Waals surface area contributed by atoms with E-state index in [-0.39, 0.29) is 18.4 Å². The Bertz CT molecular complexity index is 210. The van der Waals surface area contributed by atoms with Crippen molar-refractivity contribution in [3.05, 3.63) is 0 Å². The highest BCUT2D eigenvalue weighted by Crippen LogP contribution is 2.00. The summed E-state index contributed by atoms with van der Waals surface area (Å²) < 4.78 is 0. The van der Waals surface area contributed by atoms with Crippen LogP contribution in [0.5, 0.6) is 0 Å². The number of rotatable bonds is 7. The predicted octanol–water partition coefficient (Wildman–Crippen LogP) is 0.733. The maximum Gasteiger partial charge on any atom is 0.231 e. The molecular weight excluding hydrogens is 178 g/mol. The number of carbonyl (C=O) groups is 1. The van der Waals surface area contributed by atoms with Gasteiger partial charge in [-0.3, -0.25) is 9.69 Å². The predicted molar refractivity (Wildman–Crippen MR) is 55.3 cm³/mol. The molecule has 0 aliphatic carbocycles. The second-order valence-corrected chi connectivity index (χ2v) is 3.59. The Kier molecular flexibility index (Phi) is 6.77. The lowest BCUT2D eigenvalue weighted by Crippen LogP contribution is -2.37. The van der Waals surface area contributed by atoms with E-state index in [1.165, 1.54) is 0 Å². The van der Waals surface area contributed by atoms with Gasteiger partial charge in [-0.05, 0) is 19.9 Å². The van der Waals surface area contributed by atoms with Crippen LogP contribution in [-0.2, 0) is 4.79 Å². The number of nitrogens with zero attached hydrogens (tertiary/aromatic N) is 2. The highest BCUT2D eigenvalue weighted by atomic mass is 16.1. The summed E-state index contributed by atoms with van der Waals surface area (Å²) in [6, 6.07) is 2.15. The third-order valence-electron chi connectivity index (χ3n) is 1.96. The lowest BCUT2D eigenvalue weighted by Gasteiger charge is -2.21. The minimum atomic E-state index is -0.328. The van der Waals surface area contributed by atoms with Crippen LogP contribution >= 0.6 is 0 Å². The molecular formula is C10H19N3O. The third-order valence-corrected chi connectivity index (χ3v) is 1.96. The maximum atomic E-state index is 10.7. The monoisotopic (exact) mass is 197 g/mol. The number of carbonyl (C=O) groups excluding carboxylic acids is 1. The molecule has 1 atom stereocenters. The molecule has 0 fully saturated rings. The van der Waals surface area contributed by atoms with E-state index in [0.29, 0.717) is 6.54 Å². The van der Waals surface area contributed by atoms with Gasteiger partial charge in [-0.2, -0.15) is 5.26 Å². The molecule has 1 amide bonds. The van der Waals surface area contributed by atoms with Crippen LogP contribution in [0, 0.1) is 17.2 Å². The molecule has 0 aromatic rings. The summed E-state index contributed by atoms with van der Waals surface area (Å²) in [7, 11) is 0. The zero-order valence-electron chi connectivity index (χ0n) is 8.99. The molecule has 0 aliphatic rings. The van der Waals surface area contributed by atoms with E-state index in [9.17, 15) is 4.79 Å². The lowest BCUT2D eigenvalue weighted by atomic mass is 10.2. The molecule has 1 unspecified atom stereocenters. The zero-order valence-corrected chi connectivity index (χ0v) is 8.99. The van der Waals surface area contributed by atoms with Crippen LogP contribution < -0.4 is 5.73 Å². The van der Waals surface area contributed by atoms with E-state index >= 15 is 0 Å². The van der Waals surface area contributed by atoms with Crippen molar-refractivity contribution in [2.75, 3.05) is 19.6 Å². The van der Waals surface area contributed by atoms with Crippen LogP contribution in [0.15, 0.2) is 0 Å². The number of nitriles is 1. The Morgan fingerprint density at radius 1 is 1.64 bits per heavy atom. The maximum absolute atomic E-state index is 10.7. The molecule has 0 aromatic heterocycles.